The van der Waals surface area contributed by atoms with Crippen molar-refractivity contribution in [3.8, 4) is 0 Å². The second kappa shape index (κ2) is 5.19. The molecule has 0 saturated carbocycles. The third-order valence-electron chi connectivity index (χ3n) is 3.58. The van der Waals surface area contributed by atoms with Gasteiger partial charge in [0.1, 0.15) is 5.82 Å². The Morgan fingerprint density at radius 2 is 2.11 bits per heavy atom. The zero-order valence-corrected chi connectivity index (χ0v) is 12.0. The van der Waals surface area contributed by atoms with Crippen LogP contribution < -0.4 is 5.73 Å². The topological polar surface area (TPSA) is 63.4 Å². The number of halogens is 1. The molecule has 6 heteroatoms. The summed E-state index contributed by atoms with van der Waals surface area (Å²) < 4.78 is 39.7. The fourth-order valence-electron chi connectivity index (χ4n) is 2.57. The van der Waals surface area contributed by atoms with Crippen LogP contribution in [0.15, 0.2) is 23.1 Å². The molecule has 1 aliphatic heterocycles. The highest BCUT2D eigenvalue weighted by Crippen LogP contribution is 2.26. The van der Waals surface area contributed by atoms with Crippen LogP contribution in [0.3, 0.4) is 0 Å². The minimum absolute atomic E-state index is 0.0516. The van der Waals surface area contributed by atoms with Gasteiger partial charge in [0.15, 0.2) is 0 Å². The minimum Gasteiger partial charge on any atom is -0.328 e. The van der Waals surface area contributed by atoms with E-state index in [0.29, 0.717) is 24.9 Å². The lowest BCUT2D eigenvalue weighted by Gasteiger charge is -2.35. The Bertz CT molecular complexity index is 574. The summed E-state index contributed by atoms with van der Waals surface area (Å²) in [6, 6.07) is 3.68. The first-order valence-electron chi connectivity index (χ1n) is 6.36. The molecule has 0 radical (unpaired) electrons. The van der Waals surface area contributed by atoms with E-state index in [0.717, 1.165) is 0 Å². The predicted molar refractivity (Wildman–Crippen MR) is 71.7 cm³/mol. The molecule has 19 heavy (non-hydrogen) atoms. The molecular weight excluding hydrogens is 267 g/mol. The second-order valence-electron chi connectivity index (χ2n) is 5.16. The molecule has 0 amide bonds. The van der Waals surface area contributed by atoms with E-state index < -0.39 is 15.8 Å². The van der Waals surface area contributed by atoms with Gasteiger partial charge in [-0.05, 0) is 50.5 Å². The van der Waals surface area contributed by atoms with E-state index in [1.54, 1.807) is 6.92 Å². The van der Waals surface area contributed by atoms with E-state index in [1.165, 1.54) is 22.5 Å². The maximum Gasteiger partial charge on any atom is 0.243 e. The molecule has 2 rings (SSSR count). The maximum absolute atomic E-state index is 13.1. The standard InChI is InChI=1S/C13H19FN2O2S/c1-9-7-11(14)3-4-13(9)19(17,18)16-6-5-12(15)8-10(16)2/h3-4,7,10,12H,5-6,8,15H2,1-2H3/t10-,12+/m0/s1. The maximum atomic E-state index is 13.1. The van der Waals surface area contributed by atoms with Crippen molar-refractivity contribution in [2.75, 3.05) is 6.54 Å². The molecule has 106 valence electrons. The lowest BCUT2D eigenvalue weighted by Crippen LogP contribution is -2.48. The Balaban J connectivity index is 2.37. The third-order valence-corrected chi connectivity index (χ3v) is 5.75. The first kappa shape index (κ1) is 14.4. The molecule has 1 aliphatic rings. The minimum atomic E-state index is -3.57. The summed E-state index contributed by atoms with van der Waals surface area (Å²) in [6.45, 7) is 3.88. The number of sulfonamides is 1. The molecule has 2 atom stereocenters. The Morgan fingerprint density at radius 1 is 1.42 bits per heavy atom. The monoisotopic (exact) mass is 286 g/mol. The molecule has 0 aromatic heterocycles. The fraction of sp³-hybridized carbons (Fsp3) is 0.538. The number of hydrogen-bond donors (Lipinski definition) is 1. The third kappa shape index (κ3) is 2.80. The lowest BCUT2D eigenvalue weighted by molar-refractivity contribution is 0.247. The molecule has 1 saturated heterocycles. The first-order valence-corrected chi connectivity index (χ1v) is 7.80. The Kier molecular flexibility index (Phi) is 3.94. The van der Waals surface area contributed by atoms with Gasteiger partial charge in [-0.3, -0.25) is 0 Å². The zero-order valence-electron chi connectivity index (χ0n) is 11.1. The fourth-order valence-corrected chi connectivity index (χ4v) is 4.44. The highest BCUT2D eigenvalue weighted by molar-refractivity contribution is 7.89. The van der Waals surface area contributed by atoms with E-state index >= 15 is 0 Å². The van der Waals surface area contributed by atoms with E-state index in [-0.39, 0.29) is 17.0 Å². The van der Waals surface area contributed by atoms with Crippen molar-refractivity contribution in [3.63, 3.8) is 0 Å². The number of rotatable bonds is 2. The summed E-state index contributed by atoms with van der Waals surface area (Å²) in [5, 5.41) is 0. The molecule has 1 aromatic carbocycles. The van der Waals surface area contributed by atoms with Crippen molar-refractivity contribution in [2.24, 2.45) is 5.73 Å². The summed E-state index contributed by atoms with van der Waals surface area (Å²) in [4.78, 5) is 0.177. The molecule has 2 N–H and O–H groups in total. The highest BCUT2D eigenvalue weighted by atomic mass is 32.2. The summed E-state index contributed by atoms with van der Waals surface area (Å²) >= 11 is 0. The van der Waals surface area contributed by atoms with E-state index in [4.69, 9.17) is 5.73 Å². The molecule has 1 aromatic rings. The smallest absolute Gasteiger partial charge is 0.243 e. The summed E-state index contributed by atoms with van der Waals surface area (Å²) in [5.74, 6) is -0.426. The second-order valence-corrected chi connectivity index (χ2v) is 7.02. The van der Waals surface area contributed by atoms with Gasteiger partial charge in [0, 0.05) is 18.6 Å². The van der Waals surface area contributed by atoms with Gasteiger partial charge >= 0.3 is 0 Å². The molecular formula is C13H19FN2O2S. The number of aryl methyl sites for hydroxylation is 1. The van der Waals surface area contributed by atoms with Crippen LogP contribution in [-0.4, -0.2) is 31.4 Å². The Morgan fingerprint density at radius 3 is 2.68 bits per heavy atom. The highest BCUT2D eigenvalue weighted by Gasteiger charge is 2.34. The summed E-state index contributed by atoms with van der Waals surface area (Å²) in [5.41, 5.74) is 6.28. The van der Waals surface area contributed by atoms with Crippen LogP contribution in [0.4, 0.5) is 4.39 Å². The Hall–Kier alpha value is -0.980. The predicted octanol–water partition coefficient (Wildman–Crippen LogP) is 1.63. The lowest BCUT2D eigenvalue weighted by atomic mass is 10.0. The number of nitrogens with two attached hydrogens (primary N) is 1. The van der Waals surface area contributed by atoms with Gasteiger partial charge in [-0.2, -0.15) is 4.31 Å². The van der Waals surface area contributed by atoms with Gasteiger partial charge in [-0.15, -0.1) is 0 Å². The van der Waals surface area contributed by atoms with Crippen LogP contribution in [0, 0.1) is 12.7 Å². The van der Waals surface area contributed by atoms with Crippen LogP contribution in [0.25, 0.3) is 0 Å². The van der Waals surface area contributed by atoms with Crippen LogP contribution in [0.1, 0.15) is 25.3 Å². The largest absolute Gasteiger partial charge is 0.328 e. The van der Waals surface area contributed by atoms with Crippen LogP contribution >= 0.6 is 0 Å². The van der Waals surface area contributed by atoms with Crippen molar-refractivity contribution in [2.45, 2.75) is 43.7 Å². The number of benzene rings is 1. The summed E-state index contributed by atoms with van der Waals surface area (Å²) in [6.07, 6.45) is 1.31. The van der Waals surface area contributed by atoms with Gasteiger partial charge in [-0.25, -0.2) is 12.8 Å². The van der Waals surface area contributed by atoms with Crippen molar-refractivity contribution in [1.29, 1.82) is 0 Å². The van der Waals surface area contributed by atoms with Gasteiger partial charge in [-0.1, -0.05) is 0 Å². The van der Waals surface area contributed by atoms with Crippen LogP contribution in [0.2, 0.25) is 0 Å². The van der Waals surface area contributed by atoms with Crippen LogP contribution in [0.5, 0.6) is 0 Å². The van der Waals surface area contributed by atoms with Crippen molar-refractivity contribution >= 4 is 10.0 Å². The average molecular weight is 286 g/mol. The summed E-state index contributed by atoms with van der Waals surface area (Å²) in [7, 11) is -3.57. The van der Waals surface area contributed by atoms with Gasteiger partial charge in [0.05, 0.1) is 4.90 Å². The van der Waals surface area contributed by atoms with E-state index in [2.05, 4.69) is 0 Å². The molecule has 0 bridgehead atoms. The van der Waals surface area contributed by atoms with E-state index in [1.807, 2.05) is 6.92 Å². The normalized spacial score (nSPS) is 25.5. The van der Waals surface area contributed by atoms with E-state index in [9.17, 15) is 12.8 Å². The number of hydrogen-bond acceptors (Lipinski definition) is 3. The van der Waals surface area contributed by atoms with Crippen molar-refractivity contribution < 1.29 is 12.8 Å². The number of nitrogens with zero attached hydrogens (tertiary/aromatic N) is 1. The molecule has 0 unspecified atom stereocenters. The SMILES string of the molecule is Cc1cc(F)ccc1S(=O)(=O)N1CC[C@@H](N)C[C@@H]1C. The number of piperidine rings is 1. The van der Waals surface area contributed by atoms with Crippen molar-refractivity contribution in [1.82, 2.24) is 4.31 Å². The molecule has 0 aliphatic carbocycles. The molecule has 4 nitrogen and oxygen atoms in total. The van der Waals surface area contributed by atoms with Crippen molar-refractivity contribution in [3.05, 3.63) is 29.6 Å². The molecule has 1 fully saturated rings. The first-order chi connectivity index (χ1) is 8.82. The van der Waals surface area contributed by atoms with Gasteiger partial charge in [0.25, 0.3) is 0 Å². The van der Waals surface area contributed by atoms with Crippen LogP contribution in [-0.2, 0) is 10.0 Å². The quantitative estimate of drug-likeness (QED) is 0.899. The average Bonchev–Trinajstić information content (AvgIpc) is 2.27. The zero-order chi connectivity index (χ0) is 14.2. The molecule has 0 spiro atoms. The Labute approximate surface area is 113 Å². The molecule has 1 heterocycles. The van der Waals surface area contributed by atoms with Gasteiger partial charge in [0.2, 0.25) is 10.0 Å². The van der Waals surface area contributed by atoms with Gasteiger partial charge < -0.3 is 5.73 Å².